The van der Waals surface area contributed by atoms with Crippen molar-refractivity contribution < 1.29 is 9.16 Å². The average Bonchev–Trinajstić information content (AvgIpc) is 1.98. The third-order valence-electron chi connectivity index (χ3n) is 1.40. The normalized spacial score (nSPS) is 11.8. The summed E-state index contributed by atoms with van der Waals surface area (Å²) in [4.78, 5) is 11.1. The second-order valence-electron chi connectivity index (χ2n) is 2.61. The molecule has 1 aromatic heterocycles. The van der Waals surface area contributed by atoms with Gasteiger partial charge in [0, 0.05) is 0 Å². The summed E-state index contributed by atoms with van der Waals surface area (Å²) >= 11 is 3.07. The second kappa shape index (κ2) is 3.74. The summed E-state index contributed by atoms with van der Waals surface area (Å²) in [6, 6.07) is 1.61. The number of rotatable bonds is 1. The molecule has 4 nitrogen and oxygen atoms in total. The van der Waals surface area contributed by atoms with Crippen LogP contribution in [0.2, 0.25) is 0 Å². The third-order valence-corrected chi connectivity index (χ3v) is 2.35. The van der Waals surface area contributed by atoms with E-state index in [4.69, 9.17) is 4.42 Å². The average molecular weight is 246 g/mol. The highest BCUT2D eigenvalue weighted by Gasteiger charge is 2.05. The monoisotopic (exact) mass is 245 g/mol. The minimum Gasteiger partial charge on any atom is -0.624 e. The summed E-state index contributed by atoms with van der Waals surface area (Å²) in [5, 5.41) is 10.6. The van der Waals surface area contributed by atoms with Crippen molar-refractivity contribution in [3.05, 3.63) is 37.5 Å². The fourth-order valence-electron chi connectivity index (χ4n) is 0.862. The van der Waals surface area contributed by atoms with Crippen molar-refractivity contribution in [1.29, 1.82) is 0 Å². The molecule has 0 atom stereocenters. The summed E-state index contributed by atoms with van der Waals surface area (Å²) in [7, 11) is 1.32. The summed E-state index contributed by atoms with van der Waals surface area (Å²) in [5.74, 6) is 0.253. The molecule has 1 rings (SSSR count). The van der Waals surface area contributed by atoms with E-state index in [1.165, 1.54) is 13.3 Å². The lowest BCUT2D eigenvalue weighted by molar-refractivity contribution is -0.417. The summed E-state index contributed by atoms with van der Waals surface area (Å²) < 4.78 is 5.76. The SMILES string of the molecule is Cc1cc(/C=[N+](/C)[O-])oc(=O)c1Br. The zero-order valence-electron chi connectivity index (χ0n) is 7.20. The highest BCUT2D eigenvalue weighted by Crippen LogP contribution is 2.10. The number of aryl methyl sites for hydroxylation is 1. The maximum absolute atomic E-state index is 11.1. The van der Waals surface area contributed by atoms with Crippen LogP contribution >= 0.6 is 15.9 Å². The molecule has 1 heterocycles. The molecule has 1 aromatic rings. The molecule has 0 aliphatic carbocycles. The van der Waals surface area contributed by atoms with Gasteiger partial charge in [-0.25, -0.2) is 9.53 Å². The molecule has 0 fully saturated rings. The highest BCUT2D eigenvalue weighted by molar-refractivity contribution is 9.10. The molecule has 0 spiro atoms. The van der Waals surface area contributed by atoms with Crippen LogP contribution < -0.4 is 5.63 Å². The Morgan fingerprint density at radius 3 is 2.77 bits per heavy atom. The maximum atomic E-state index is 11.1. The minimum absolute atomic E-state index is 0.253. The smallest absolute Gasteiger partial charge is 0.351 e. The Balaban J connectivity index is 3.29. The van der Waals surface area contributed by atoms with Crippen molar-refractivity contribution in [2.75, 3.05) is 7.05 Å². The van der Waals surface area contributed by atoms with Gasteiger partial charge >= 0.3 is 5.63 Å². The first-order valence-corrected chi connectivity index (χ1v) is 4.35. The number of halogens is 1. The second-order valence-corrected chi connectivity index (χ2v) is 3.40. The Morgan fingerprint density at radius 1 is 1.69 bits per heavy atom. The molecule has 0 radical (unpaired) electrons. The molecule has 0 N–H and O–H groups in total. The predicted octanol–water partition coefficient (Wildman–Crippen LogP) is 1.27. The van der Waals surface area contributed by atoms with Gasteiger partial charge in [-0.3, -0.25) is 0 Å². The van der Waals surface area contributed by atoms with Gasteiger partial charge in [-0.1, -0.05) is 0 Å². The Morgan fingerprint density at radius 2 is 2.31 bits per heavy atom. The van der Waals surface area contributed by atoms with Crippen LogP contribution in [-0.4, -0.2) is 18.0 Å². The molecule has 0 unspecified atom stereocenters. The van der Waals surface area contributed by atoms with Crippen LogP contribution in [0.5, 0.6) is 0 Å². The van der Waals surface area contributed by atoms with Crippen LogP contribution in [0.4, 0.5) is 0 Å². The maximum Gasteiger partial charge on any atom is 0.351 e. The number of hydrogen-bond donors (Lipinski definition) is 0. The highest BCUT2D eigenvalue weighted by atomic mass is 79.9. The predicted molar refractivity (Wildman–Crippen MR) is 52.1 cm³/mol. The van der Waals surface area contributed by atoms with Crippen LogP contribution in [0.25, 0.3) is 0 Å². The molecule has 5 heteroatoms. The van der Waals surface area contributed by atoms with Crippen molar-refractivity contribution in [1.82, 2.24) is 0 Å². The summed E-state index contributed by atoms with van der Waals surface area (Å²) in [6.07, 6.45) is 1.20. The van der Waals surface area contributed by atoms with Crippen LogP contribution in [0.3, 0.4) is 0 Å². The third kappa shape index (κ3) is 2.42. The van der Waals surface area contributed by atoms with Gasteiger partial charge in [-0.2, -0.15) is 0 Å². The van der Waals surface area contributed by atoms with Gasteiger partial charge in [0.15, 0.2) is 5.76 Å². The first-order chi connectivity index (χ1) is 6.00. The van der Waals surface area contributed by atoms with Gasteiger partial charge in [-0.05, 0) is 34.5 Å². The van der Waals surface area contributed by atoms with E-state index >= 15 is 0 Å². The van der Waals surface area contributed by atoms with Crippen LogP contribution in [0.1, 0.15) is 11.3 Å². The van der Waals surface area contributed by atoms with Crippen molar-refractivity contribution >= 4 is 22.1 Å². The Hall–Kier alpha value is -1.10. The van der Waals surface area contributed by atoms with Gasteiger partial charge in [0.05, 0.1) is 0 Å². The van der Waals surface area contributed by atoms with Gasteiger partial charge < -0.3 is 9.62 Å². The molecule has 70 valence electrons. The Kier molecular flexibility index (Phi) is 2.87. The zero-order valence-corrected chi connectivity index (χ0v) is 8.79. The Labute approximate surface area is 83.2 Å². The van der Waals surface area contributed by atoms with Crippen molar-refractivity contribution in [2.24, 2.45) is 0 Å². The zero-order chi connectivity index (χ0) is 10.0. The molecule has 0 aromatic carbocycles. The molecule has 0 bridgehead atoms. The topological polar surface area (TPSA) is 56.3 Å². The lowest BCUT2D eigenvalue weighted by atomic mass is 10.3. The molecule has 0 amide bonds. The number of hydroxylamine groups is 1. The molecule has 0 aliphatic rings. The van der Waals surface area contributed by atoms with E-state index in [1.807, 2.05) is 0 Å². The van der Waals surface area contributed by atoms with Crippen molar-refractivity contribution in [3.63, 3.8) is 0 Å². The fourth-order valence-corrected chi connectivity index (χ4v) is 1.06. The van der Waals surface area contributed by atoms with Crippen LogP contribution in [0.15, 0.2) is 19.8 Å². The number of nitrogens with zero attached hydrogens (tertiary/aromatic N) is 1. The van der Waals surface area contributed by atoms with Gasteiger partial charge in [0.25, 0.3) is 0 Å². The lowest BCUT2D eigenvalue weighted by Gasteiger charge is -1.97. The van der Waals surface area contributed by atoms with E-state index in [9.17, 15) is 10.0 Å². The van der Waals surface area contributed by atoms with Crippen molar-refractivity contribution in [3.8, 4) is 0 Å². The van der Waals surface area contributed by atoms with Gasteiger partial charge in [0.1, 0.15) is 11.5 Å². The lowest BCUT2D eigenvalue weighted by Crippen LogP contribution is -2.06. The molecule has 0 saturated carbocycles. The van der Waals surface area contributed by atoms with Crippen LogP contribution in [-0.2, 0) is 0 Å². The number of hydrogen-bond acceptors (Lipinski definition) is 3. The van der Waals surface area contributed by atoms with Crippen LogP contribution in [0, 0.1) is 12.1 Å². The molecule has 0 saturated heterocycles. The van der Waals surface area contributed by atoms with Gasteiger partial charge in [0.2, 0.25) is 6.21 Å². The van der Waals surface area contributed by atoms with E-state index in [2.05, 4.69) is 15.9 Å². The van der Waals surface area contributed by atoms with E-state index in [1.54, 1.807) is 13.0 Å². The largest absolute Gasteiger partial charge is 0.624 e. The molecule has 13 heavy (non-hydrogen) atoms. The molecule has 0 aliphatic heterocycles. The molecular formula is C8H8BrNO3. The van der Waals surface area contributed by atoms with E-state index < -0.39 is 5.63 Å². The first-order valence-electron chi connectivity index (χ1n) is 3.56. The standard InChI is InChI=1S/C8H8BrNO3/c1-5-3-6(4-10(2)12)13-8(11)7(5)9/h3-4H,1-2H3/b10-4-. The van der Waals surface area contributed by atoms with E-state index in [0.29, 0.717) is 9.21 Å². The molecular weight excluding hydrogens is 238 g/mol. The van der Waals surface area contributed by atoms with E-state index in [-0.39, 0.29) is 5.76 Å². The quantitative estimate of drug-likeness (QED) is 0.324. The summed E-state index contributed by atoms with van der Waals surface area (Å²) in [6.45, 7) is 1.75. The summed E-state index contributed by atoms with van der Waals surface area (Å²) in [5.41, 5.74) is 0.262. The van der Waals surface area contributed by atoms with Crippen molar-refractivity contribution in [2.45, 2.75) is 6.92 Å². The van der Waals surface area contributed by atoms with Gasteiger partial charge in [-0.15, -0.1) is 0 Å². The Bertz CT molecular complexity index is 404. The minimum atomic E-state index is -0.479. The first kappa shape index (κ1) is 9.98. The van der Waals surface area contributed by atoms with E-state index in [0.717, 1.165) is 5.56 Å². The fraction of sp³-hybridized carbons (Fsp3) is 0.250.